The van der Waals surface area contributed by atoms with E-state index in [2.05, 4.69) is 18.8 Å². The minimum atomic E-state index is 0.368. The maximum absolute atomic E-state index is 5.91. The summed E-state index contributed by atoms with van der Waals surface area (Å²) in [6, 6.07) is 0.368. The fraction of sp³-hybridized carbons (Fsp3) is 0.700. The number of nitrogens with zero attached hydrogens (tertiary/aromatic N) is 1. The predicted octanol–water partition coefficient (Wildman–Crippen LogP) is 2.08. The molecule has 0 radical (unpaired) electrons. The number of thiazole rings is 1. The predicted molar refractivity (Wildman–Crippen MR) is 56.2 cm³/mol. The fourth-order valence-corrected chi connectivity index (χ4v) is 2.87. The Morgan fingerprint density at radius 2 is 2.31 bits per heavy atom. The van der Waals surface area contributed by atoms with E-state index in [1.54, 1.807) is 0 Å². The molecular weight excluding hydrogens is 180 g/mol. The van der Waals surface area contributed by atoms with Crippen LogP contribution in [0.5, 0.6) is 0 Å². The summed E-state index contributed by atoms with van der Waals surface area (Å²) in [7, 11) is 0. The van der Waals surface area contributed by atoms with Crippen LogP contribution in [0, 0.1) is 0 Å². The van der Waals surface area contributed by atoms with Gasteiger partial charge in [-0.1, -0.05) is 13.8 Å². The molecule has 13 heavy (non-hydrogen) atoms. The van der Waals surface area contributed by atoms with Crippen LogP contribution >= 0.6 is 11.3 Å². The van der Waals surface area contributed by atoms with Crippen molar-refractivity contribution in [3.63, 3.8) is 0 Å². The van der Waals surface area contributed by atoms with Gasteiger partial charge in [0.15, 0.2) is 0 Å². The van der Waals surface area contributed by atoms with Crippen molar-refractivity contribution in [2.24, 2.45) is 5.73 Å². The van der Waals surface area contributed by atoms with Crippen LogP contribution in [0.1, 0.15) is 41.8 Å². The molecule has 2 N–H and O–H groups in total. The van der Waals surface area contributed by atoms with E-state index < -0.39 is 0 Å². The second-order valence-electron chi connectivity index (χ2n) is 4.08. The highest BCUT2D eigenvalue weighted by Gasteiger charge is 2.20. The second-order valence-corrected chi connectivity index (χ2v) is 5.19. The lowest BCUT2D eigenvalue weighted by Gasteiger charge is -2.15. The minimum Gasteiger partial charge on any atom is -0.327 e. The van der Waals surface area contributed by atoms with Gasteiger partial charge in [0.2, 0.25) is 0 Å². The van der Waals surface area contributed by atoms with E-state index in [0.717, 1.165) is 19.3 Å². The van der Waals surface area contributed by atoms with Crippen LogP contribution in [0.3, 0.4) is 0 Å². The number of rotatable bonds is 1. The Labute approximate surface area is 83.2 Å². The van der Waals surface area contributed by atoms with Gasteiger partial charge in [0.25, 0.3) is 0 Å². The molecule has 0 amide bonds. The number of fused-ring (bicyclic) bond motifs is 1. The third-order valence-corrected chi connectivity index (χ3v) is 3.91. The van der Waals surface area contributed by atoms with E-state index in [0.29, 0.717) is 12.0 Å². The summed E-state index contributed by atoms with van der Waals surface area (Å²) in [5.74, 6) is 0.562. The van der Waals surface area contributed by atoms with Crippen molar-refractivity contribution in [2.45, 2.75) is 45.1 Å². The largest absolute Gasteiger partial charge is 0.327 e. The van der Waals surface area contributed by atoms with E-state index in [1.807, 2.05) is 11.3 Å². The maximum Gasteiger partial charge on any atom is 0.0956 e. The van der Waals surface area contributed by atoms with E-state index in [4.69, 9.17) is 5.73 Å². The molecule has 2 nitrogen and oxygen atoms in total. The minimum absolute atomic E-state index is 0.368. The summed E-state index contributed by atoms with van der Waals surface area (Å²) in [6.07, 6.45) is 3.23. The highest BCUT2D eigenvalue weighted by molar-refractivity contribution is 7.11. The van der Waals surface area contributed by atoms with E-state index in [1.165, 1.54) is 15.6 Å². The summed E-state index contributed by atoms with van der Waals surface area (Å²) >= 11 is 1.86. The molecule has 0 bridgehead atoms. The van der Waals surface area contributed by atoms with Crippen LogP contribution in [0.25, 0.3) is 0 Å². The first kappa shape index (κ1) is 9.16. The van der Waals surface area contributed by atoms with Crippen LogP contribution in [0.4, 0.5) is 0 Å². The van der Waals surface area contributed by atoms with Crippen molar-refractivity contribution in [1.82, 2.24) is 4.98 Å². The first-order valence-electron chi connectivity index (χ1n) is 4.91. The Morgan fingerprint density at radius 3 is 3.00 bits per heavy atom. The van der Waals surface area contributed by atoms with Gasteiger partial charge in [-0.25, -0.2) is 4.98 Å². The Balaban J connectivity index is 2.28. The monoisotopic (exact) mass is 196 g/mol. The normalized spacial score (nSPS) is 22.0. The molecule has 0 saturated carbocycles. The fourth-order valence-electron chi connectivity index (χ4n) is 1.67. The number of aromatic nitrogens is 1. The summed E-state index contributed by atoms with van der Waals surface area (Å²) < 4.78 is 0. The molecule has 2 rings (SSSR count). The van der Waals surface area contributed by atoms with Crippen molar-refractivity contribution < 1.29 is 0 Å². The van der Waals surface area contributed by atoms with Gasteiger partial charge in [-0.2, -0.15) is 0 Å². The molecule has 0 aliphatic heterocycles. The van der Waals surface area contributed by atoms with Crippen molar-refractivity contribution in [3.05, 3.63) is 15.6 Å². The standard InChI is InChI=1S/C10H16N2S/c1-6(2)10-12-8-4-3-7(11)5-9(8)13-10/h6-7H,3-5,11H2,1-2H3. The third-order valence-electron chi connectivity index (χ3n) is 2.49. The number of aryl methyl sites for hydroxylation is 1. The summed E-state index contributed by atoms with van der Waals surface area (Å²) in [5.41, 5.74) is 7.23. The molecular formula is C10H16N2S. The number of nitrogens with two attached hydrogens (primary N) is 1. The first-order chi connectivity index (χ1) is 6.16. The highest BCUT2D eigenvalue weighted by Crippen LogP contribution is 2.29. The molecule has 1 aromatic heterocycles. The molecule has 1 aliphatic rings. The van der Waals surface area contributed by atoms with Gasteiger partial charge in [0.05, 0.1) is 10.7 Å². The highest BCUT2D eigenvalue weighted by atomic mass is 32.1. The molecule has 0 spiro atoms. The van der Waals surface area contributed by atoms with Crippen molar-refractivity contribution in [2.75, 3.05) is 0 Å². The van der Waals surface area contributed by atoms with E-state index in [9.17, 15) is 0 Å². The van der Waals surface area contributed by atoms with Crippen LogP contribution in [0.15, 0.2) is 0 Å². The zero-order valence-corrected chi connectivity index (χ0v) is 9.03. The van der Waals surface area contributed by atoms with Gasteiger partial charge in [-0.3, -0.25) is 0 Å². The molecule has 1 atom stereocenters. The van der Waals surface area contributed by atoms with Crippen LogP contribution in [-0.2, 0) is 12.8 Å². The zero-order valence-electron chi connectivity index (χ0n) is 8.21. The first-order valence-corrected chi connectivity index (χ1v) is 5.72. The second kappa shape index (κ2) is 3.39. The Hall–Kier alpha value is -0.410. The molecule has 1 unspecified atom stereocenters. The Morgan fingerprint density at radius 1 is 1.54 bits per heavy atom. The summed E-state index contributed by atoms with van der Waals surface area (Å²) in [5, 5.41) is 1.28. The molecule has 1 aromatic rings. The van der Waals surface area contributed by atoms with Gasteiger partial charge in [0, 0.05) is 16.8 Å². The topological polar surface area (TPSA) is 38.9 Å². The third kappa shape index (κ3) is 1.76. The molecule has 0 fully saturated rings. The molecule has 72 valence electrons. The summed E-state index contributed by atoms with van der Waals surface area (Å²) in [4.78, 5) is 6.08. The quantitative estimate of drug-likeness (QED) is 0.747. The van der Waals surface area contributed by atoms with Crippen LogP contribution in [0.2, 0.25) is 0 Å². The van der Waals surface area contributed by atoms with Crippen LogP contribution < -0.4 is 5.73 Å². The van der Waals surface area contributed by atoms with Crippen molar-refractivity contribution >= 4 is 11.3 Å². The smallest absolute Gasteiger partial charge is 0.0956 e. The van der Waals surface area contributed by atoms with Gasteiger partial charge < -0.3 is 5.73 Å². The SMILES string of the molecule is CC(C)c1nc2c(s1)CC(N)CC2. The molecule has 1 aliphatic carbocycles. The average molecular weight is 196 g/mol. The Kier molecular flexibility index (Phi) is 2.39. The Bertz CT molecular complexity index is 304. The maximum atomic E-state index is 5.91. The van der Waals surface area contributed by atoms with Crippen LogP contribution in [-0.4, -0.2) is 11.0 Å². The van der Waals surface area contributed by atoms with Gasteiger partial charge in [0.1, 0.15) is 0 Å². The lowest BCUT2D eigenvalue weighted by atomic mass is 9.99. The lowest BCUT2D eigenvalue weighted by Crippen LogP contribution is -2.26. The zero-order chi connectivity index (χ0) is 9.42. The molecule has 3 heteroatoms. The molecule has 1 heterocycles. The molecule has 0 saturated heterocycles. The average Bonchev–Trinajstić information content (AvgIpc) is 2.46. The van der Waals surface area contributed by atoms with Gasteiger partial charge in [-0.05, 0) is 19.3 Å². The lowest BCUT2D eigenvalue weighted by molar-refractivity contribution is 0.575. The van der Waals surface area contributed by atoms with Gasteiger partial charge in [-0.15, -0.1) is 11.3 Å². The van der Waals surface area contributed by atoms with Gasteiger partial charge >= 0.3 is 0 Å². The number of hydrogen-bond donors (Lipinski definition) is 1. The van der Waals surface area contributed by atoms with E-state index in [-0.39, 0.29) is 0 Å². The number of hydrogen-bond acceptors (Lipinski definition) is 3. The van der Waals surface area contributed by atoms with Crippen molar-refractivity contribution in [1.29, 1.82) is 0 Å². The summed E-state index contributed by atoms with van der Waals surface area (Å²) in [6.45, 7) is 4.40. The van der Waals surface area contributed by atoms with Crippen molar-refractivity contribution in [3.8, 4) is 0 Å². The van der Waals surface area contributed by atoms with E-state index >= 15 is 0 Å². The molecule has 0 aromatic carbocycles.